The van der Waals surface area contributed by atoms with E-state index in [1.807, 2.05) is 30.5 Å². The van der Waals surface area contributed by atoms with Gasteiger partial charge in [0.1, 0.15) is 23.3 Å². The van der Waals surface area contributed by atoms with Gasteiger partial charge in [-0.25, -0.2) is 9.37 Å². The van der Waals surface area contributed by atoms with E-state index in [-0.39, 0.29) is 12.1 Å². The molecule has 32 heavy (non-hydrogen) atoms. The molecule has 1 aromatic heterocycles. The second kappa shape index (κ2) is 8.75. The maximum atomic E-state index is 13.2. The first kappa shape index (κ1) is 21.4. The summed E-state index contributed by atoms with van der Waals surface area (Å²) in [6.45, 7) is 1.97. The lowest BCUT2D eigenvalue weighted by Gasteiger charge is -2.20. The first-order chi connectivity index (χ1) is 15.4. The number of thiazole rings is 1. The maximum absolute atomic E-state index is 13.2. The molecule has 2 heterocycles. The van der Waals surface area contributed by atoms with Gasteiger partial charge in [-0.2, -0.15) is 5.10 Å². The van der Waals surface area contributed by atoms with E-state index in [4.69, 9.17) is 10.5 Å². The Balaban J connectivity index is 1.54. The first-order valence-corrected chi connectivity index (χ1v) is 10.6. The number of methoxy groups -OCH3 is 1. The molecule has 0 fully saturated rings. The molecule has 3 N–H and O–H groups in total. The summed E-state index contributed by atoms with van der Waals surface area (Å²) in [6.07, 6.45) is 0.0302. The van der Waals surface area contributed by atoms with Crippen molar-refractivity contribution in [2.75, 3.05) is 17.4 Å². The van der Waals surface area contributed by atoms with Gasteiger partial charge in [0.25, 0.3) is 5.91 Å². The minimum absolute atomic E-state index is 0.0302. The number of amides is 2. The fourth-order valence-corrected chi connectivity index (χ4v) is 4.05. The number of nitrogens with two attached hydrogens (primary N) is 1. The van der Waals surface area contributed by atoms with Crippen LogP contribution >= 0.6 is 11.3 Å². The zero-order chi connectivity index (χ0) is 22.8. The second-order valence-electron chi connectivity index (χ2n) is 7.19. The lowest BCUT2D eigenvalue weighted by molar-refractivity contribution is -0.119. The van der Waals surface area contributed by atoms with Gasteiger partial charge in [0.05, 0.1) is 18.5 Å². The molecule has 3 aromatic rings. The number of rotatable bonds is 6. The van der Waals surface area contributed by atoms with Crippen LogP contribution in [-0.4, -0.2) is 35.7 Å². The Morgan fingerprint density at radius 2 is 2.00 bits per heavy atom. The SMILES string of the molecule is COc1ccc(C)cc1-c1csc(NC(=O)C2=NN(c3ccc(F)cc3)C(C(N)=O)C2)n1. The number of benzene rings is 2. The molecular formula is C22H20FN5O3S. The number of hydrogen-bond donors (Lipinski definition) is 2. The van der Waals surface area contributed by atoms with Crippen molar-refractivity contribution < 1.29 is 18.7 Å². The van der Waals surface area contributed by atoms with Crippen LogP contribution < -0.4 is 20.8 Å². The molecule has 0 bridgehead atoms. The average molecular weight is 453 g/mol. The smallest absolute Gasteiger partial charge is 0.273 e. The number of hydrogen-bond acceptors (Lipinski definition) is 7. The molecule has 1 unspecified atom stereocenters. The predicted octanol–water partition coefficient (Wildman–Crippen LogP) is 3.32. The maximum Gasteiger partial charge on any atom is 0.273 e. The summed E-state index contributed by atoms with van der Waals surface area (Å²) in [7, 11) is 1.59. The fraction of sp³-hybridized carbons (Fsp3) is 0.182. The summed E-state index contributed by atoms with van der Waals surface area (Å²) in [5.74, 6) is -0.865. The van der Waals surface area contributed by atoms with Crippen molar-refractivity contribution in [3.8, 4) is 17.0 Å². The van der Waals surface area contributed by atoms with Crippen molar-refractivity contribution in [3.05, 3.63) is 59.2 Å². The van der Waals surface area contributed by atoms with E-state index in [0.29, 0.717) is 22.3 Å². The van der Waals surface area contributed by atoms with E-state index in [1.54, 1.807) is 7.11 Å². The molecule has 0 saturated heterocycles. The third kappa shape index (κ3) is 4.30. The van der Waals surface area contributed by atoms with Gasteiger partial charge in [-0.3, -0.25) is 19.9 Å². The highest BCUT2D eigenvalue weighted by atomic mass is 32.1. The summed E-state index contributed by atoms with van der Waals surface area (Å²) in [5, 5.41) is 10.5. The van der Waals surface area contributed by atoms with E-state index in [0.717, 1.165) is 11.1 Å². The van der Waals surface area contributed by atoms with Gasteiger partial charge in [0.2, 0.25) is 5.91 Å². The normalized spacial score (nSPS) is 15.4. The average Bonchev–Trinajstić information content (AvgIpc) is 3.42. The van der Waals surface area contributed by atoms with Crippen molar-refractivity contribution in [2.45, 2.75) is 19.4 Å². The van der Waals surface area contributed by atoms with E-state index in [2.05, 4.69) is 15.4 Å². The zero-order valence-corrected chi connectivity index (χ0v) is 18.1. The molecule has 0 radical (unpaired) electrons. The number of ether oxygens (including phenoxy) is 1. The molecule has 10 heteroatoms. The van der Waals surface area contributed by atoms with Crippen LogP contribution in [0, 0.1) is 12.7 Å². The summed E-state index contributed by atoms with van der Waals surface area (Å²) >= 11 is 1.26. The summed E-state index contributed by atoms with van der Waals surface area (Å²) < 4.78 is 18.7. The van der Waals surface area contributed by atoms with E-state index >= 15 is 0 Å². The molecule has 2 amide bonds. The number of hydrazone groups is 1. The van der Waals surface area contributed by atoms with Crippen LogP contribution in [0.4, 0.5) is 15.2 Å². The number of aromatic nitrogens is 1. The van der Waals surface area contributed by atoms with Crippen LogP contribution in [-0.2, 0) is 9.59 Å². The monoisotopic (exact) mass is 453 g/mol. The lowest BCUT2D eigenvalue weighted by Crippen LogP contribution is -2.39. The minimum Gasteiger partial charge on any atom is -0.496 e. The van der Waals surface area contributed by atoms with Gasteiger partial charge < -0.3 is 10.5 Å². The number of nitrogens with one attached hydrogen (secondary N) is 1. The van der Waals surface area contributed by atoms with Crippen molar-refractivity contribution >= 4 is 39.7 Å². The number of halogens is 1. The fourth-order valence-electron chi connectivity index (χ4n) is 3.35. The highest BCUT2D eigenvalue weighted by Gasteiger charge is 2.35. The van der Waals surface area contributed by atoms with Crippen molar-refractivity contribution in [1.29, 1.82) is 0 Å². The largest absolute Gasteiger partial charge is 0.496 e. The highest BCUT2D eigenvalue weighted by Crippen LogP contribution is 2.33. The van der Waals surface area contributed by atoms with Gasteiger partial charge in [0.15, 0.2) is 5.13 Å². The Labute approximate surface area is 187 Å². The van der Waals surface area contributed by atoms with Gasteiger partial charge >= 0.3 is 0 Å². The second-order valence-corrected chi connectivity index (χ2v) is 8.04. The van der Waals surface area contributed by atoms with Crippen LogP contribution in [0.5, 0.6) is 5.75 Å². The molecule has 1 aliphatic heterocycles. The van der Waals surface area contributed by atoms with Crippen LogP contribution in [0.25, 0.3) is 11.3 Å². The summed E-state index contributed by atoms with van der Waals surface area (Å²) in [5.41, 5.74) is 8.62. The Morgan fingerprint density at radius 1 is 1.25 bits per heavy atom. The summed E-state index contributed by atoms with van der Waals surface area (Å²) in [4.78, 5) is 29.2. The van der Waals surface area contributed by atoms with E-state index in [9.17, 15) is 14.0 Å². The van der Waals surface area contributed by atoms with Crippen molar-refractivity contribution in [3.63, 3.8) is 0 Å². The third-order valence-corrected chi connectivity index (χ3v) is 5.71. The molecule has 164 valence electrons. The molecule has 4 rings (SSSR count). The molecule has 0 spiro atoms. The van der Waals surface area contributed by atoms with Crippen LogP contribution in [0.1, 0.15) is 12.0 Å². The number of carbonyl (C=O) groups is 2. The minimum atomic E-state index is -0.843. The predicted molar refractivity (Wildman–Crippen MR) is 121 cm³/mol. The molecule has 8 nitrogen and oxygen atoms in total. The van der Waals surface area contributed by atoms with Crippen molar-refractivity contribution in [1.82, 2.24) is 4.98 Å². The third-order valence-electron chi connectivity index (χ3n) is 4.95. The number of anilines is 2. The van der Waals surface area contributed by atoms with Gasteiger partial charge in [-0.05, 0) is 43.3 Å². The molecule has 1 atom stereocenters. The number of aryl methyl sites for hydroxylation is 1. The number of carbonyl (C=O) groups excluding carboxylic acids is 2. The van der Waals surface area contributed by atoms with Gasteiger partial charge in [-0.15, -0.1) is 11.3 Å². The lowest BCUT2D eigenvalue weighted by atomic mass is 10.1. The van der Waals surface area contributed by atoms with Gasteiger partial charge in [-0.1, -0.05) is 11.6 Å². The Morgan fingerprint density at radius 3 is 2.69 bits per heavy atom. The molecule has 0 aliphatic carbocycles. The molecule has 2 aromatic carbocycles. The quantitative estimate of drug-likeness (QED) is 0.595. The van der Waals surface area contributed by atoms with Gasteiger partial charge in [0, 0.05) is 17.4 Å². The van der Waals surface area contributed by atoms with Crippen LogP contribution in [0.15, 0.2) is 52.9 Å². The standard InChI is InChI=1S/C22H20FN5O3S/c1-12-3-8-19(31-2)15(9-12)17-11-32-22(25-17)26-21(30)16-10-18(20(24)29)28(27-16)14-6-4-13(23)5-7-14/h3-9,11,18H,10H2,1-2H3,(H2,24,29)(H,25,26,30). The molecule has 0 saturated carbocycles. The van der Waals surface area contributed by atoms with E-state index in [1.165, 1.54) is 40.6 Å². The first-order valence-electron chi connectivity index (χ1n) is 9.69. The zero-order valence-electron chi connectivity index (χ0n) is 17.3. The topological polar surface area (TPSA) is 110 Å². The summed E-state index contributed by atoms with van der Waals surface area (Å²) in [6, 6.07) is 10.4. The Kier molecular flexibility index (Phi) is 5.87. The number of primary amides is 1. The Bertz CT molecular complexity index is 1210. The highest BCUT2D eigenvalue weighted by molar-refractivity contribution is 7.14. The van der Waals surface area contributed by atoms with Crippen LogP contribution in [0.3, 0.4) is 0 Å². The van der Waals surface area contributed by atoms with Crippen LogP contribution in [0.2, 0.25) is 0 Å². The van der Waals surface area contributed by atoms with Crippen molar-refractivity contribution in [2.24, 2.45) is 10.8 Å². The molecule has 1 aliphatic rings. The Hall–Kier alpha value is -3.79. The molecular weight excluding hydrogens is 433 g/mol. The van der Waals surface area contributed by atoms with E-state index < -0.39 is 23.7 Å². The number of nitrogens with zero attached hydrogens (tertiary/aromatic N) is 3.